The fourth-order valence-electron chi connectivity index (χ4n) is 3.12. The van der Waals surface area contributed by atoms with Crippen LogP contribution >= 0.6 is 0 Å². The Labute approximate surface area is 156 Å². The Kier molecular flexibility index (Phi) is 5.69. The van der Waals surface area contributed by atoms with E-state index < -0.39 is 5.63 Å². The highest BCUT2D eigenvalue weighted by Crippen LogP contribution is 2.26. The maximum absolute atomic E-state index is 13.1. The van der Waals surface area contributed by atoms with Crippen molar-refractivity contribution >= 4 is 16.9 Å². The zero-order valence-electron chi connectivity index (χ0n) is 15.4. The van der Waals surface area contributed by atoms with Gasteiger partial charge in [-0.15, -0.1) is 0 Å². The molecule has 140 valence electrons. The Bertz CT molecular complexity index is 1020. The molecule has 5 heteroatoms. The van der Waals surface area contributed by atoms with Crippen LogP contribution in [0.3, 0.4) is 0 Å². The zero-order chi connectivity index (χ0) is 19.4. The number of carbonyl (C=O) groups is 1. The molecule has 0 atom stereocenters. The van der Waals surface area contributed by atoms with Gasteiger partial charge >= 0.3 is 11.6 Å². The zero-order valence-corrected chi connectivity index (χ0v) is 15.4. The Morgan fingerprint density at radius 3 is 2.48 bits per heavy atom. The van der Waals surface area contributed by atoms with Crippen LogP contribution in [-0.4, -0.2) is 5.97 Å². The molecule has 1 heterocycles. The topological polar surface area (TPSA) is 56.5 Å². The first kappa shape index (κ1) is 18.8. The first-order valence-electron chi connectivity index (χ1n) is 9.05. The van der Waals surface area contributed by atoms with E-state index in [0.717, 1.165) is 16.5 Å². The minimum absolute atomic E-state index is 0.315. The summed E-state index contributed by atoms with van der Waals surface area (Å²) in [6, 6.07) is 11.2. The maximum atomic E-state index is 13.1. The van der Waals surface area contributed by atoms with Gasteiger partial charge < -0.3 is 9.15 Å². The molecule has 0 bridgehead atoms. The van der Waals surface area contributed by atoms with E-state index in [1.165, 1.54) is 12.1 Å². The van der Waals surface area contributed by atoms with Crippen LogP contribution in [0.4, 0.5) is 4.39 Å². The fraction of sp³-hybridized carbons (Fsp3) is 0.273. The molecule has 0 aliphatic rings. The van der Waals surface area contributed by atoms with Crippen molar-refractivity contribution in [2.45, 2.75) is 39.5 Å². The molecule has 4 nitrogen and oxygen atoms in total. The molecule has 0 unspecified atom stereocenters. The Morgan fingerprint density at radius 1 is 1.07 bits per heavy atom. The van der Waals surface area contributed by atoms with Gasteiger partial charge in [0.25, 0.3) is 0 Å². The minimum Gasteiger partial charge on any atom is -0.426 e. The van der Waals surface area contributed by atoms with Crippen molar-refractivity contribution in [3.05, 3.63) is 75.4 Å². The lowest BCUT2D eigenvalue weighted by atomic mass is 9.97. The molecule has 0 amide bonds. The third kappa shape index (κ3) is 4.25. The smallest absolute Gasteiger partial charge is 0.340 e. The van der Waals surface area contributed by atoms with E-state index in [1.807, 2.05) is 13.8 Å². The number of rotatable bonds is 6. The molecule has 0 saturated heterocycles. The molecule has 0 radical (unpaired) electrons. The number of hydrogen-bond acceptors (Lipinski definition) is 4. The number of carbonyl (C=O) groups excluding carboxylic acids is 1. The molecular weight excluding hydrogens is 347 g/mol. The second kappa shape index (κ2) is 8.16. The molecule has 3 rings (SSSR count). The Morgan fingerprint density at radius 2 is 1.81 bits per heavy atom. The second-order valence-electron chi connectivity index (χ2n) is 6.39. The highest BCUT2D eigenvalue weighted by Gasteiger charge is 2.15. The van der Waals surface area contributed by atoms with Crippen LogP contribution in [0.2, 0.25) is 0 Å². The van der Waals surface area contributed by atoms with Crippen LogP contribution in [0.15, 0.2) is 51.7 Å². The molecule has 0 N–H and O–H groups in total. The molecule has 0 fully saturated rings. The summed E-state index contributed by atoms with van der Waals surface area (Å²) in [5.41, 5.74) is 2.24. The molecule has 0 aliphatic heterocycles. The average Bonchev–Trinajstić information content (AvgIpc) is 2.64. The van der Waals surface area contributed by atoms with Crippen molar-refractivity contribution in [2.75, 3.05) is 0 Å². The van der Waals surface area contributed by atoms with Crippen molar-refractivity contribution in [1.29, 1.82) is 0 Å². The van der Waals surface area contributed by atoms with Gasteiger partial charge in [-0.1, -0.05) is 26.0 Å². The summed E-state index contributed by atoms with van der Waals surface area (Å²) >= 11 is 0. The normalized spacial score (nSPS) is 10.9. The van der Waals surface area contributed by atoms with Gasteiger partial charge in [0, 0.05) is 29.9 Å². The van der Waals surface area contributed by atoms with Gasteiger partial charge in [0.1, 0.15) is 17.1 Å². The number of hydrogen-bond donors (Lipinski definition) is 0. The van der Waals surface area contributed by atoms with Crippen LogP contribution in [0.5, 0.6) is 5.75 Å². The molecular formula is C22H21FO4. The molecule has 1 aromatic heterocycles. The maximum Gasteiger partial charge on any atom is 0.340 e. The van der Waals surface area contributed by atoms with Gasteiger partial charge in [0.2, 0.25) is 0 Å². The SMILES string of the molecule is CCCC(=O)Oc1ccc2c(CC)c(Cc3ccc(F)cc3)c(=O)oc2c1. The van der Waals surface area contributed by atoms with Crippen molar-refractivity contribution in [3.8, 4) is 5.75 Å². The van der Waals surface area contributed by atoms with Crippen molar-refractivity contribution in [2.24, 2.45) is 0 Å². The third-order valence-electron chi connectivity index (χ3n) is 4.43. The summed E-state index contributed by atoms with van der Waals surface area (Å²) in [5.74, 6) is -0.273. The number of benzene rings is 2. The summed E-state index contributed by atoms with van der Waals surface area (Å²) in [7, 11) is 0. The number of aryl methyl sites for hydroxylation is 1. The molecule has 2 aromatic carbocycles. The fourth-order valence-corrected chi connectivity index (χ4v) is 3.12. The van der Waals surface area contributed by atoms with E-state index in [1.54, 1.807) is 30.3 Å². The van der Waals surface area contributed by atoms with Gasteiger partial charge in [-0.3, -0.25) is 4.79 Å². The monoisotopic (exact) mass is 368 g/mol. The Hall–Kier alpha value is -2.95. The van der Waals surface area contributed by atoms with Crippen LogP contribution in [0, 0.1) is 5.82 Å². The van der Waals surface area contributed by atoms with Crippen molar-refractivity contribution in [1.82, 2.24) is 0 Å². The first-order chi connectivity index (χ1) is 13.0. The number of esters is 1. The van der Waals surface area contributed by atoms with E-state index in [2.05, 4.69) is 0 Å². The summed E-state index contributed by atoms with van der Waals surface area (Å²) in [6.07, 6.45) is 2.05. The molecule has 27 heavy (non-hydrogen) atoms. The number of fused-ring (bicyclic) bond motifs is 1. The van der Waals surface area contributed by atoms with E-state index in [0.29, 0.717) is 42.6 Å². The van der Waals surface area contributed by atoms with Crippen LogP contribution < -0.4 is 10.4 Å². The van der Waals surface area contributed by atoms with Crippen LogP contribution in [0.25, 0.3) is 11.0 Å². The molecule has 3 aromatic rings. The summed E-state index contributed by atoms with van der Waals surface area (Å²) < 4.78 is 23.9. The largest absolute Gasteiger partial charge is 0.426 e. The first-order valence-corrected chi connectivity index (χ1v) is 9.05. The van der Waals surface area contributed by atoms with Gasteiger partial charge in [-0.05, 0) is 48.2 Å². The van der Waals surface area contributed by atoms with E-state index in [4.69, 9.17) is 9.15 Å². The van der Waals surface area contributed by atoms with E-state index in [-0.39, 0.29) is 11.8 Å². The average molecular weight is 368 g/mol. The predicted octanol–water partition coefficient (Wildman–Crippen LogP) is 4.79. The lowest BCUT2D eigenvalue weighted by molar-refractivity contribution is -0.134. The minimum atomic E-state index is -0.430. The lowest BCUT2D eigenvalue weighted by Crippen LogP contribution is -2.13. The third-order valence-corrected chi connectivity index (χ3v) is 4.43. The van der Waals surface area contributed by atoms with Crippen molar-refractivity contribution in [3.63, 3.8) is 0 Å². The highest BCUT2D eigenvalue weighted by atomic mass is 19.1. The van der Waals surface area contributed by atoms with Gasteiger partial charge in [0.05, 0.1) is 0 Å². The Balaban J connectivity index is 2.01. The summed E-state index contributed by atoms with van der Waals surface area (Å²) in [4.78, 5) is 24.3. The van der Waals surface area contributed by atoms with Gasteiger partial charge in [-0.2, -0.15) is 0 Å². The highest BCUT2D eigenvalue weighted by molar-refractivity contribution is 5.83. The summed E-state index contributed by atoms with van der Waals surface area (Å²) in [5, 5.41) is 0.810. The summed E-state index contributed by atoms with van der Waals surface area (Å²) in [6.45, 7) is 3.87. The molecule has 0 spiro atoms. The molecule has 0 saturated carbocycles. The van der Waals surface area contributed by atoms with E-state index in [9.17, 15) is 14.0 Å². The number of ether oxygens (including phenoxy) is 1. The molecule has 0 aliphatic carbocycles. The van der Waals surface area contributed by atoms with Crippen molar-refractivity contribution < 1.29 is 18.3 Å². The van der Waals surface area contributed by atoms with Gasteiger partial charge in [-0.25, -0.2) is 9.18 Å². The quantitative estimate of drug-likeness (QED) is 0.357. The van der Waals surface area contributed by atoms with Crippen LogP contribution in [0.1, 0.15) is 43.4 Å². The van der Waals surface area contributed by atoms with Crippen LogP contribution in [-0.2, 0) is 17.6 Å². The van der Waals surface area contributed by atoms with E-state index >= 15 is 0 Å². The van der Waals surface area contributed by atoms with Gasteiger partial charge in [0.15, 0.2) is 0 Å². The predicted molar refractivity (Wildman–Crippen MR) is 102 cm³/mol. The second-order valence-corrected chi connectivity index (χ2v) is 6.39. The lowest BCUT2D eigenvalue weighted by Gasteiger charge is -2.11. The number of halogens is 1. The standard InChI is InChI=1S/C22H21FO4/c1-3-5-21(24)26-16-10-11-18-17(4-2)19(22(25)27-20(18)13-16)12-14-6-8-15(23)9-7-14/h6-11,13H,3-5,12H2,1-2H3.